The van der Waals surface area contributed by atoms with Crippen LogP contribution >= 0.6 is 15.9 Å². The first-order valence-corrected chi connectivity index (χ1v) is 11.6. The highest BCUT2D eigenvalue weighted by molar-refractivity contribution is 9.10. The van der Waals surface area contributed by atoms with E-state index in [-0.39, 0.29) is 24.0 Å². The maximum atomic E-state index is 13.2. The minimum Gasteiger partial charge on any atom is -0.507 e. The predicted molar refractivity (Wildman–Crippen MR) is 129 cm³/mol. The van der Waals surface area contributed by atoms with E-state index in [0.717, 1.165) is 33.3 Å². The highest BCUT2D eigenvalue weighted by Crippen LogP contribution is 2.41. The van der Waals surface area contributed by atoms with Crippen LogP contribution in [0.25, 0.3) is 5.76 Å². The average Bonchev–Trinajstić information content (AvgIpc) is 3.30. The normalized spacial score (nSPS) is 21.2. The molecule has 1 saturated heterocycles. The molecule has 0 aliphatic carbocycles. The summed E-state index contributed by atoms with van der Waals surface area (Å²) in [7, 11) is 0. The molecule has 3 aromatic rings. The van der Waals surface area contributed by atoms with Gasteiger partial charge in [-0.3, -0.25) is 9.59 Å². The van der Waals surface area contributed by atoms with Crippen LogP contribution in [0.5, 0.6) is 5.75 Å². The second-order valence-electron chi connectivity index (χ2n) is 8.42. The Morgan fingerprint density at radius 3 is 2.61 bits per heavy atom. The van der Waals surface area contributed by atoms with Crippen molar-refractivity contribution in [3.05, 3.63) is 105 Å². The molecule has 1 amide bonds. The molecule has 0 aromatic heterocycles. The van der Waals surface area contributed by atoms with Crippen LogP contribution in [0.3, 0.4) is 0 Å². The van der Waals surface area contributed by atoms with Crippen LogP contribution in [0.15, 0.2) is 82.8 Å². The molecule has 0 spiro atoms. The molecule has 1 fully saturated rings. The fourth-order valence-electron chi connectivity index (χ4n) is 4.57. The summed E-state index contributed by atoms with van der Waals surface area (Å²) in [6.07, 6.45) is 0.795. The first-order valence-electron chi connectivity index (χ1n) is 10.8. The van der Waals surface area contributed by atoms with Crippen LogP contribution in [-0.4, -0.2) is 27.8 Å². The van der Waals surface area contributed by atoms with Gasteiger partial charge in [0.05, 0.1) is 11.6 Å². The molecule has 2 atom stereocenters. The van der Waals surface area contributed by atoms with E-state index in [1.807, 2.05) is 73.7 Å². The lowest BCUT2D eigenvalue weighted by Gasteiger charge is -2.25. The second kappa shape index (κ2) is 8.52. The van der Waals surface area contributed by atoms with Gasteiger partial charge < -0.3 is 14.7 Å². The number of amides is 1. The van der Waals surface area contributed by atoms with Crippen molar-refractivity contribution >= 4 is 33.4 Å². The number of carbonyl (C=O) groups is 2. The second-order valence-corrected chi connectivity index (χ2v) is 9.34. The largest absolute Gasteiger partial charge is 0.507 e. The Morgan fingerprint density at radius 2 is 1.85 bits per heavy atom. The number of aliphatic hydroxyl groups excluding tert-OH is 1. The summed E-state index contributed by atoms with van der Waals surface area (Å²) in [5, 5.41) is 11.3. The van der Waals surface area contributed by atoms with Gasteiger partial charge >= 0.3 is 0 Å². The molecule has 33 heavy (non-hydrogen) atoms. The number of carbonyl (C=O) groups excluding carboxylic acids is 2. The number of likely N-dealkylation sites (tertiary alicyclic amines) is 1. The van der Waals surface area contributed by atoms with Gasteiger partial charge in [0.1, 0.15) is 17.6 Å². The zero-order valence-electron chi connectivity index (χ0n) is 18.0. The van der Waals surface area contributed by atoms with Gasteiger partial charge in [0.15, 0.2) is 0 Å². The number of hydrogen-bond acceptors (Lipinski definition) is 4. The summed E-state index contributed by atoms with van der Waals surface area (Å²) in [6, 6.07) is 21.7. The number of hydrogen-bond donors (Lipinski definition) is 1. The zero-order valence-corrected chi connectivity index (χ0v) is 19.6. The fraction of sp³-hybridized carbons (Fsp3) is 0.185. The number of fused-ring (bicyclic) bond motifs is 1. The minimum atomic E-state index is -0.703. The van der Waals surface area contributed by atoms with Crippen LogP contribution in [0.1, 0.15) is 35.2 Å². The smallest absolute Gasteiger partial charge is 0.295 e. The fourth-order valence-corrected chi connectivity index (χ4v) is 4.99. The number of ketones is 1. The lowest BCUT2D eigenvalue weighted by molar-refractivity contribution is -0.140. The zero-order chi connectivity index (χ0) is 23.1. The third kappa shape index (κ3) is 3.95. The highest BCUT2D eigenvalue weighted by Gasteiger charge is 2.46. The molecule has 0 bridgehead atoms. The van der Waals surface area contributed by atoms with E-state index < -0.39 is 17.7 Å². The summed E-state index contributed by atoms with van der Waals surface area (Å²) in [4.78, 5) is 27.9. The quantitative estimate of drug-likeness (QED) is 0.294. The summed E-state index contributed by atoms with van der Waals surface area (Å²) in [6.45, 7) is 2.25. The molecule has 1 N–H and O–H groups in total. The number of halogens is 1. The van der Waals surface area contributed by atoms with E-state index in [9.17, 15) is 14.7 Å². The number of Topliss-reactive ketones (excluding diaryl/α,β-unsaturated/α-hetero) is 1. The van der Waals surface area contributed by atoms with Gasteiger partial charge in [-0.15, -0.1) is 0 Å². The highest BCUT2D eigenvalue weighted by atomic mass is 79.9. The van der Waals surface area contributed by atoms with Crippen molar-refractivity contribution in [1.82, 2.24) is 4.90 Å². The van der Waals surface area contributed by atoms with Crippen LogP contribution in [0.2, 0.25) is 0 Å². The molecule has 6 heteroatoms. The first kappa shape index (κ1) is 21.5. The van der Waals surface area contributed by atoms with Gasteiger partial charge in [-0.05, 0) is 53.9 Å². The Hall–Kier alpha value is -3.38. The van der Waals surface area contributed by atoms with Gasteiger partial charge in [-0.1, -0.05) is 58.4 Å². The molecule has 0 radical (unpaired) electrons. The molecule has 5 rings (SSSR count). The number of rotatable bonds is 4. The Kier molecular flexibility index (Phi) is 5.54. The Balaban J connectivity index is 1.64. The van der Waals surface area contributed by atoms with E-state index in [1.54, 1.807) is 6.07 Å². The summed E-state index contributed by atoms with van der Waals surface area (Å²) in [5.41, 5.74) is 3.23. The molecule has 2 aliphatic heterocycles. The predicted octanol–water partition coefficient (Wildman–Crippen LogP) is 5.39. The van der Waals surface area contributed by atoms with E-state index in [0.29, 0.717) is 5.56 Å². The maximum Gasteiger partial charge on any atom is 0.295 e. The Bertz CT molecular complexity index is 1280. The van der Waals surface area contributed by atoms with Crippen molar-refractivity contribution in [1.29, 1.82) is 0 Å². The van der Waals surface area contributed by atoms with E-state index in [2.05, 4.69) is 15.9 Å². The summed E-state index contributed by atoms with van der Waals surface area (Å²) >= 11 is 3.49. The molecule has 3 aromatic carbocycles. The minimum absolute atomic E-state index is 0.0653. The molecule has 5 nitrogen and oxygen atoms in total. The molecule has 2 heterocycles. The van der Waals surface area contributed by atoms with Crippen molar-refractivity contribution in [2.45, 2.75) is 32.0 Å². The van der Waals surface area contributed by atoms with Crippen LogP contribution < -0.4 is 4.74 Å². The van der Waals surface area contributed by atoms with Gasteiger partial charge in [0, 0.05) is 23.0 Å². The van der Waals surface area contributed by atoms with Crippen molar-refractivity contribution < 1.29 is 19.4 Å². The first-order chi connectivity index (χ1) is 15.9. The molecule has 0 unspecified atom stereocenters. The third-order valence-corrected chi connectivity index (χ3v) is 6.56. The third-order valence-electron chi connectivity index (χ3n) is 6.07. The maximum absolute atomic E-state index is 13.2. The van der Waals surface area contributed by atoms with E-state index in [1.165, 1.54) is 4.90 Å². The van der Waals surface area contributed by atoms with E-state index >= 15 is 0 Å². The number of ether oxygens (including phenoxy) is 1. The van der Waals surface area contributed by atoms with Crippen LogP contribution in [-0.2, 0) is 22.6 Å². The monoisotopic (exact) mass is 503 g/mol. The van der Waals surface area contributed by atoms with Gasteiger partial charge in [0.2, 0.25) is 0 Å². The van der Waals surface area contributed by atoms with E-state index in [4.69, 9.17) is 4.74 Å². The number of benzene rings is 3. The van der Waals surface area contributed by atoms with Crippen molar-refractivity contribution in [3.8, 4) is 5.75 Å². The Labute approximate surface area is 200 Å². The lowest BCUT2D eigenvalue weighted by atomic mass is 9.94. The van der Waals surface area contributed by atoms with Crippen molar-refractivity contribution in [2.24, 2.45) is 0 Å². The number of aliphatic hydroxyl groups is 1. The van der Waals surface area contributed by atoms with Gasteiger partial charge in [0.25, 0.3) is 11.7 Å². The standard InChI is InChI=1S/C27H22BrNO4/c1-16-12-20-13-19(10-11-22(20)33-16)25(30)23-24(18-8-5-9-21(28)14-18)29(27(32)26(23)31)15-17-6-3-2-4-7-17/h2-11,13-14,16,24,30H,12,15H2,1H3/b25-23+/t16-,24-/m1/s1. The molecular formula is C27H22BrNO4. The molecule has 166 valence electrons. The lowest BCUT2D eigenvalue weighted by Crippen LogP contribution is -2.29. The van der Waals surface area contributed by atoms with Crippen LogP contribution in [0.4, 0.5) is 0 Å². The Morgan fingerprint density at radius 1 is 1.06 bits per heavy atom. The number of nitrogens with zero attached hydrogens (tertiary/aromatic N) is 1. The van der Waals surface area contributed by atoms with Crippen molar-refractivity contribution in [2.75, 3.05) is 0 Å². The van der Waals surface area contributed by atoms with Gasteiger partial charge in [-0.2, -0.15) is 0 Å². The molecule has 2 aliphatic rings. The topological polar surface area (TPSA) is 66.8 Å². The summed E-state index contributed by atoms with van der Waals surface area (Å²) < 4.78 is 6.59. The molecule has 0 saturated carbocycles. The molecular weight excluding hydrogens is 482 g/mol. The van der Waals surface area contributed by atoms with Crippen molar-refractivity contribution in [3.63, 3.8) is 0 Å². The van der Waals surface area contributed by atoms with Crippen LogP contribution in [0, 0.1) is 0 Å². The van der Waals surface area contributed by atoms with Gasteiger partial charge in [-0.25, -0.2) is 0 Å². The average molecular weight is 504 g/mol. The SMILES string of the molecule is C[C@@H]1Cc2cc(/C(O)=C3\C(=O)C(=O)N(Cc4ccccc4)[C@@H]3c3cccc(Br)c3)ccc2O1. The summed E-state index contributed by atoms with van der Waals surface area (Å²) in [5.74, 6) is -0.689.